The first-order valence-electron chi connectivity index (χ1n) is 8.66. The maximum atomic E-state index is 12.9. The van der Waals surface area contributed by atoms with E-state index in [1.807, 2.05) is 6.07 Å². The molecule has 4 rings (SSSR count). The van der Waals surface area contributed by atoms with Gasteiger partial charge in [-0.1, -0.05) is 13.0 Å². The summed E-state index contributed by atoms with van der Waals surface area (Å²) in [7, 11) is -5.02. The van der Waals surface area contributed by atoms with Gasteiger partial charge in [0.05, 0.1) is 0 Å². The molecule has 24 heavy (non-hydrogen) atoms. The first-order valence-corrected chi connectivity index (χ1v) is 10.1. The number of halogens is 1. The molecule has 3 aliphatic rings. The standard InChI is InChI=1S/C18H22FO4P/c1-18-9-8-14-13-5-3-12(23-24(19,21)22)10-11(13)2-4-15(14)16(18)6-7-17(18)20/h3,5,10,14-16H,2,4,6-9H2,1H3,(H,21,22)/t14-,15-,16+,18+/m1/s1. The van der Waals surface area contributed by atoms with Crippen LogP contribution in [0.5, 0.6) is 5.75 Å². The zero-order valence-electron chi connectivity index (χ0n) is 13.7. The number of hydrogen-bond donors (Lipinski definition) is 1. The highest BCUT2D eigenvalue weighted by atomic mass is 31.2. The van der Waals surface area contributed by atoms with Crippen molar-refractivity contribution in [1.29, 1.82) is 0 Å². The van der Waals surface area contributed by atoms with Crippen molar-refractivity contribution in [1.82, 2.24) is 0 Å². The summed E-state index contributed by atoms with van der Waals surface area (Å²) < 4.78 is 28.2. The minimum Gasteiger partial charge on any atom is -0.401 e. The van der Waals surface area contributed by atoms with Crippen molar-refractivity contribution in [2.45, 2.75) is 51.4 Å². The van der Waals surface area contributed by atoms with Crippen LogP contribution in [0.1, 0.15) is 56.1 Å². The molecule has 6 heteroatoms. The molecule has 5 atom stereocenters. The zero-order valence-corrected chi connectivity index (χ0v) is 14.6. The van der Waals surface area contributed by atoms with Crippen molar-refractivity contribution in [2.24, 2.45) is 17.3 Å². The summed E-state index contributed by atoms with van der Waals surface area (Å²) in [5.41, 5.74) is 2.18. The molecule has 0 amide bonds. The molecule has 1 aromatic rings. The number of ketones is 1. The molecule has 0 spiro atoms. The van der Waals surface area contributed by atoms with Gasteiger partial charge < -0.3 is 4.52 Å². The largest absolute Gasteiger partial charge is 0.567 e. The highest BCUT2D eigenvalue weighted by molar-refractivity contribution is 7.47. The molecule has 0 aromatic heterocycles. The zero-order chi connectivity index (χ0) is 17.1. The lowest BCUT2D eigenvalue weighted by molar-refractivity contribution is -0.129. The molecule has 3 aliphatic carbocycles. The van der Waals surface area contributed by atoms with Crippen LogP contribution in [0.25, 0.3) is 0 Å². The number of hydrogen-bond acceptors (Lipinski definition) is 3. The molecule has 130 valence electrons. The average molecular weight is 352 g/mol. The number of Topliss-reactive ketones (excluding diaryl/α,β-unsaturated/α-hetero) is 1. The second-order valence-electron chi connectivity index (χ2n) is 7.74. The summed E-state index contributed by atoms with van der Waals surface area (Å²) >= 11 is 0. The topological polar surface area (TPSA) is 63.6 Å². The molecular formula is C18H22FO4P. The minimum absolute atomic E-state index is 0.109. The van der Waals surface area contributed by atoms with E-state index in [2.05, 4.69) is 11.4 Å². The number of aryl methyl sites for hydroxylation is 1. The van der Waals surface area contributed by atoms with E-state index >= 15 is 0 Å². The van der Waals surface area contributed by atoms with Gasteiger partial charge in [-0.3, -0.25) is 9.69 Å². The molecule has 0 saturated heterocycles. The van der Waals surface area contributed by atoms with Gasteiger partial charge >= 0.3 is 7.91 Å². The number of carbonyl (C=O) groups is 1. The number of benzene rings is 1. The van der Waals surface area contributed by atoms with E-state index in [1.165, 1.54) is 5.56 Å². The summed E-state index contributed by atoms with van der Waals surface area (Å²) in [4.78, 5) is 21.1. The molecule has 1 unspecified atom stereocenters. The summed E-state index contributed by atoms with van der Waals surface area (Å²) in [5, 5.41) is 0. The van der Waals surface area contributed by atoms with Crippen molar-refractivity contribution in [3.8, 4) is 5.75 Å². The van der Waals surface area contributed by atoms with Crippen LogP contribution in [-0.2, 0) is 15.8 Å². The Balaban J connectivity index is 1.64. The lowest BCUT2D eigenvalue weighted by Gasteiger charge is -2.48. The van der Waals surface area contributed by atoms with E-state index < -0.39 is 7.91 Å². The monoisotopic (exact) mass is 352 g/mol. The summed E-state index contributed by atoms with van der Waals surface area (Å²) in [5.74, 6) is 1.97. The number of carbonyl (C=O) groups excluding carboxylic acids is 1. The predicted molar refractivity (Wildman–Crippen MR) is 87.6 cm³/mol. The molecule has 0 heterocycles. The Morgan fingerprint density at radius 3 is 2.83 bits per heavy atom. The highest BCUT2D eigenvalue weighted by Gasteiger charge is 2.54. The van der Waals surface area contributed by atoms with Crippen LogP contribution in [0, 0.1) is 17.3 Å². The van der Waals surface area contributed by atoms with Crippen LogP contribution >= 0.6 is 7.91 Å². The van der Waals surface area contributed by atoms with Gasteiger partial charge in [0.15, 0.2) is 0 Å². The van der Waals surface area contributed by atoms with E-state index in [-0.39, 0.29) is 11.2 Å². The molecule has 4 nitrogen and oxygen atoms in total. The molecule has 1 N–H and O–H groups in total. The van der Waals surface area contributed by atoms with Gasteiger partial charge in [-0.2, -0.15) is 0 Å². The van der Waals surface area contributed by atoms with Crippen molar-refractivity contribution >= 4 is 13.7 Å². The van der Waals surface area contributed by atoms with Gasteiger partial charge in [-0.15, -0.1) is 4.20 Å². The minimum atomic E-state index is -5.02. The Kier molecular flexibility index (Phi) is 3.67. The van der Waals surface area contributed by atoms with E-state index in [4.69, 9.17) is 4.89 Å². The quantitative estimate of drug-likeness (QED) is 0.793. The normalized spacial score (nSPS) is 37.1. The van der Waals surface area contributed by atoms with Crippen LogP contribution < -0.4 is 4.52 Å². The fourth-order valence-electron chi connectivity index (χ4n) is 5.52. The van der Waals surface area contributed by atoms with Crippen molar-refractivity contribution in [3.63, 3.8) is 0 Å². The van der Waals surface area contributed by atoms with Gasteiger partial charge in [0.2, 0.25) is 0 Å². The van der Waals surface area contributed by atoms with Gasteiger partial charge in [0.1, 0.15) is 11.5 Å². The predicted octanol–water partition coefficient (Wildman–Crippen LogP) is 4.56. The summed E-state index contributed by atoms with van der Waals surface area (Å²) in [6, 6.07) is 5.19. The Hall–Kier alpha value is -1.19. The second kappa shape index (κ2) is 5.40. The first-order chi connectivity index (χ1) is 11.3. The third-order valence-corrected chi connectivity index (χ3v) is 7.06. The Bertz CT molecular complexity index is 743. The Labute approximate surface area is 141 Å². The van der Waals surface area contributed by atoms with E-state index in [0.717, 1.165) is 37.7 Å². The maximum absolute atomic E-state index is 12.9. The van der Waals surface area contributed by atoms with Crippen molar-refractivity contribution in [2.75, 3.05) is 0 Å². The van der Waals surface area contributed by atoms with Gasteiger partial charge in [-0.25, -0.2) is 4.57 Å². The van der Waals surface area contributed by atoms with Crippen molar-refractivity contribution < 1.29 is 23.0 Å². The van der Waals surface area contributed by atoms with Gasteiger partial charge in [0, 0.05) is 11.8 Å². The molecular weight excluding hydrogens is 330 g/mol. The lowest BCUT2D eigenvalue weighted by atomic mass is 9.55. The van der Waals surface area contributed by atoms with Crippen LogP contribution in [-0.4, -0.2) is 10.7 Å². The van der Waals surface area contributed by atoms with Crippen LogP contribution in [0.4, 0.5) is 4.20 Å². The number of rotatable bonds is 2. The number of fused-ring (bicyclic) bond motifs is 5. The van der Waals surface area contributed by atoms with Crippen LogP contribution in [0.3, 0.4) is 0 Å². The third-order valence-electron chi connectivity index (χ3n) is 6.63. The summed E-state index contributed by atoms with van der Waals surface area (Å²) in [6.45, 7) is 2.15. The fourth-order valence-corrected chi connectivity index (χ4v) is 5.89. The Morgan fingerprint density at radius 1 is 1.29 bits per heavy atom. The van der Waals surface area contributed by atoms with Crippen molar-refractivity contribution in [3.05, 3.63) is 29.3 Å². The molecule has 2 saturated carbocycles. The molecule has 0 radical (unpaired) electrons. The van der Waals surface area contributed by atoms with E-state index in [9.17, 15) is 13.6 Å². The smallest absolute Gasteiger partial charge is 0.401 e. The van der Waals surface area contributed by atoms with Crippen LogP contribution in [0.2, 0.25) is 0 Å². The Morgan fingerprint density at radius 2 is 2.08 bits per heavy atom. The van der Waals surface area contributed by atoms with Gasteiger partial charge in [-0.05, 0) is 73.1 Å². The van der Waals surface area contributed by atoms with Gasteiger partial charge in [0.25, 0.3) is 0 Å². The van der Waals surface area contributed by atoms with E-state index in [0.29, 0.717) is 30.0 Å². The van der Waals surface area contributed by atoms with E-state index in [1.54, 1.807) is 12.1 Å². The molecule has 0 aliphatic heterocycles. The molecule has 1 aromatic carbocycles. The lowest BCUT2D eigenvalue weighted by Crippen LogP contribution is -2.42. The SMILES string of the molecule is C[C@]12CC[C@@H]3c4ccc(OP(=O)(O)F)cc4CC[C@H]3[C@@H]1CCC2=O. The summed E-state index contributed by atoms with van der Waals surface area (Å²) in [6.07, 6.45) is 5.51. The highest BCUT2D eigenvalue weighted by Crippen LogP contribution is 2.59. The maximum Gasteiger partial charge on any atom is 0.567 e. The molecule has 2 fully saturated rings. The van der Waals surface area contributed by atoms with Crippen LogP contribution in [0.15, 0.2) is 18.2 Å². The first kappa shape index (κ1) is 16.3. The average Bonchev–Trinajstić information content (AvgIpc) is 2.81. The fraction of sp³-hybridized carbons (Fsp3) is 0.611. The molecule has 0 bridgehead atoms. The third kappa shape index (κ3) is 2.53. The second-order valence-corrected chi connectivity index (χ2v) is 8.82.